The quantitative estimate of drug-likeness (QED) is 0.835. The number of hydrogen-bond acceptors (Lipinski definition) is 3. The summed E-state index contributed by atoms with van der Waals surface area (Å²) >= 11 is 1.60. The monoisotopic (exact) mass is 315 g/mol. The number of ether oxygens (including phenoxy) is 1. The SMILES string of the molecule is CCc1ccc(NC(=O)CSCc2ccc(OC)cc2)cc1. The molecule has 1 N–H and O–H groups in total. The molecule has 0 spiro atoms. The summed E-state index contributed by atoms with van der Waals surface area (Å²) in [6, 6.07) is 15.9. The molecule has 0 atom stereocenters. The third kappa shape index (κ3) is 5.11. The summed E-state index contributed by atoms with van der Waals surface area (Å²) in [4.78, 5) is 11.9. The van der Waals surface area contributed by atoms with Crippen molar-refractivity contribution in [3.63, 3.8) is 0 Å². The van der Waals surface area contributed by atoms with E-state index in [1.807, 2.05) is 48.5 Å². The van der Waals surface area contributed by atoms with Gasteiger partial charge in [-0.1, -0.05) is 31.2 Å². The highest BCUT2D eigenvalue weighted by Crippen LogP contribution is 2.17. The molecule has 3 nitrogen and oxygen atoms in total. The molecule has 0 aliphatic heterocycles. The van der Waals surface area contributed by atoms with E-state index in [0.717, 1.165) is 23.6 Å². The van der Waals surface area contributed by atoms with Crippen LogP contribution in [0.1, 0.15) is 18.1 Å². The molecule has 2 rings (SSSR count). The second kappa shape index (κ2) is 8.49. The molecule has 0 saturated heterocycles. The lowest BCUT2D eigenvalue weighted by atomic mass is 10.1. The molecule has 0 bridgehead atoms. The summed E-state index contributed by atoms with van der Waals surface area (Å²) in [6.07, 6.45) is 1.01. The Morgan fingerprint density at radius 3 is 2.27 bits per heavy atom. The minimum atomic E-state index is 0.0303. The number of hydrogen-bond donors (Lipinski definition) is 1. The topological polar surface area (TPSA) is 38.3 Å². The number of amides is 1. The highest BCUT2D eigenvalue weighted by atomic mass is 32.2. The van der Waals surface area contributed by atoms with Gasteiger partial charge in [0, 0.05) is 11.4 Å². The fraction of sp³-hybridized carbons (Fsp3) is 0.278. The molecule has 2 aromatic carbocycles. The van der Waals surface area contributed by atoms with Crippen LogP contribution in [0.15, 0.2) is 48.5 Å². The maximum absolute atomic E-state index is 11.9. The van der Waals surface area contributed by atoms with E-state index in [1.54, 1.807) is 18.9 Å². The normalized spacial score (nSPS) is 10.3. The van der Waals surface area contributed by atoms with E-state index in [1.165, 1.54) is 11.1 Å². The molecule has 0 radical (unpaired) electrons. The van der Waals surface area contributed by atoms with E-state index in [0.29, 0.717) is 5.75 Å². The van der Waals surface area contributed by atoms with Crippen LogP contribution >= 0.6 is 11.8 Å². The van der Waals surface area contributed by atoms with Crippen molar-refractivity contribution in [1.82, 2.24) is 0 Å². The average molecular weight is 315 g/mol. The summed E-state index contributed by atoms with van der Waals surface area (Å²) in [5.41, 5.74) is 3.31. The van der Waals surface area contributed by atoms with Crippen LogP contribution in [0.3, 0.4) is 0 Å². The number of carbonyl (C=O) groups excluding carboxylic acids is 1. The predicted octanol–water partition coefficient (Wildman–Crippen LogP) is 4.13. The third-order valence-corrected chi connectivity index (χ3v) is 4.31. The Morgan fingerprint density at radius 2 is 1.68 bits per heavy atom. The van der Waals surface area contributed by atoms with Crippen molar-refractivity contribution in [2.75, 3.05) is 18.2 Å². The first kappa shape index (κ1) is 16.4. The first-order chi connectivity index (χ1) is 10.7. The first-order valence-electron chi connectivity index (χ1n) is 7.30. The van der Waals surface area contributed by atoms with Crippen molar-refractivity contribution in [2.24, 2.45) is 0 Å². The van der Waals surface area contributed by atoms with Crippen LogP contribution in [-0.4, -0.2) is 18.8 Å². The molecular formula is C18H21NO2S. The van der Waals surface area contributed by atoms with Crippen molar-refractivity contribution in [3.8, 4) is 5.75 Å². The maximum Gasteiger partial charge on any atom is 0.234 e. The number of nitrogens with one attached hydrogen (secondary N) is 1. The lowest BCUT2D eigenvalue weighted by Gasteiger charge is -2.06. The Bertz CT molecular complexity index is 593. The van der Waals surface area contributed by atoms with Crippen molar-refractivity contribution < 1.29 is 9.53 Å². The zero-order valence-corrected chi connectivity index (χ0v) is 13.8. The summed E-state index contributed by atoms with van der Waals surface area (Å²) in [5, 5.41) is 2.92. The standard InChI is InChI=1S/C18H21NO2S/c1-3-14-4-8-16(9-5-14)19-18(20)13-22-12-15-6-10-17(21-2)11-7-15/h4-11H,3,12-13H2,1-2H3,(H,19,20). The van der Waals surface area contributed by atoms with Crippen LogP contribution < -0.4 is 10.1 Å². The molecule has 0 saturated carbocycles. The second-order valence-corrected chi connectivity index (χ2v) is 5.93. The number of anilines is 1. The number of thioether (sulfide) groups is 1. The van der Waals surface area contributed by atoms with Crippen LogP contribution in [0.2, 0.25) is 0 Å². The smallest absolute Gasteiger partial charge is 0.234 e. The molecule has 22 heavy (non-hydrogen) atoms. The van der Waals surface area contributed by atoms with Crippen LogP contribution in [0.25, 0.3) is 0 Å². The Morgan fingerprint density at radius 1 is 1.05 bits per heavy atom. The van der Waals surface area contributed by atoms with E-state index >= 15 is 0 Å². The van der Waals surface area contributed by atoms with Gasteiger partial charge in [0.05, 0.1) is 12.9 Å². The summed E-state index contributed by atoms with van der Waals surface area (Å²) in [6.45, 7) is 2.11. The summed E-state index contributed by atoms with van der Waals surface area (Å²) in [7, 11) is 1.65. The molecule has 4 heteroatoms. The zero-order valence-electron chi connectivity index (χ0n) is 13.0. The van der Waals surface area contributed by atoms with Crippen LogP contribution in [0, 0.1) is 0 Å². The van der Waals surface area contributed by atoms with Crippen LogP contribution in [0.5, 0.6) is 5.75 Å². The van der Waals surface area contributed by atoms with Gasteiger partial charge in [0.25, 0.3) is 0 Å². The van der Waals surface area contributed by atoms with Crippen LogP contribution in [0.4, 0.5) is 5.69 Å². The van der Waals surface area contributed by atoms with Gasteiger partial charge in [0.1, 0.15) is 5.75 Å². The van der Waals surface area contributed by atoms with Gasteiger partial charge in [-0.05, 0) is 41.8 Å². The average Bonchev–Trinajstić information content (AvgIpc) is 2.56. The number of aryl methyl sites for hydroxylation is 1. The van der Waals surface area contributed by atoms with Crippen molar-refractivity contribution in [3.05, 3.63) is 59.7 Å². The first-order valence-corrected chi connectivity index (χ1v) is 8.46. The molecule has 116 valence electrons. The van der Waals surface area contributed by atoms with Crippen molar-refractivity contribution >= 4 is 23.4 Å². The minimum absolute atomic E-state index is 0.0303. The van der Waals surface area contributed by atoms with Gasteiger partial charge in [-0.3, -0.25) is 4.79 Å². The number of rotatable bonds is 7. The van der Waals surface area contributed by atoms with E-state index in [2.05, 4.69) is 12.2 Å². The Labute approximate surface area is 136 Å². The van der Waals surface area contributed by atoms with Crippen LogP contribution in [-0.2, 0) is 17.0 Å². The number of methoxy groups -OCH3 is 1. The maximum atomic E-state index is 11.9. The van der Waals surface area contributed by atoms with Gasteiger partial charge in [-0.15, -0.1) is 11.8 Å². The summed E-state index contributed by atoms with van der Waals surface area (Å²) in [5.74, 6) is 2.14. The Kier molecular flexibility index (Phi) is 6.34. The largest absolute Gasteiger partial charge is 0.497 e. The molecule has 0 unspecified atom stereocenters. The molecule has 0 heterocycles. The summed E-state index contributed by atoms with van der Waals surface area (Å²) < 4.78 is 5.12. The third-order valence-electron chi connectivity index (χ3n) is 3.31. The highest BCUT2D eigenvalue weighted by Gasteiger charge is 2.03. The van der Waals surface area contributed by atoms with E-state index < -0.39 is 0 Å². The Hall–Kier alpha value is -1.94. The molecule has 1 amide bonds. The second-order valence-electron chi connectivity index (χ2n) is 4.94. The van der Waals surface area contributed by atoms with Gasteiger partial charge >= 0.3 is 0 Å². The molecule has 0 aliphatic rings. The number of carbonyl (C=O) groups is 1. The van der Waals surface area contributed by atoms with Gasteiger partial charge < -0.3 is 10.1 Å². The molecule has 0 aromatic heterocycles. The fourth-order valence-corrected chi connectivity index (χ4v) is 2.79. The zero-order chi connectivity index (χ0) is 15.8. The lowest BCUT2D eigenvalue weighted by molar-refractivity contribution is -0.113. The van der Waals surface area contributed by atoms with E-state index in [4.69, 9.17) is 4.74 Å². The molecular weight excluding hydrogens is 294 g/mol. The van der Waals surface area contributed by atoms with Gasteiger partial charge in [-0.25, -0.2) is 0 Å². The van der Waals surface area contributed by atoms with Crippen molar-refractivity contribution in [2.45, 2.75) is 19.1 Å². The van der Waals surface area contributed by atoms with Gasteiger partial charge in [0.15, 0.2) is 0 Å². The highest BCUT2D eigenvalue weighted by molar-refractivity contribution is 7.99. The van der Waals surface area contributed by atoms with E-state index in [-0.39, 0.29) is 5.91 Å². The lowest BCUT2D eigenvalue weighted by Crippen LogP contribution is -2.14. The predicted molar refractivity (Wildman–Crippen MR) is 93.6 cm³/mol. The van der Waals surface area contributed by atoms with Gasteiger partial charge in [-0.2, -0.15) is 0 Å². The van der Waals surface area contributed by atoms with Crippen molar-refractivity contribution in [1.29, 1.82) is 0 Å². The molecule has 2 aromatic rings. The van der Waals surface area contributed by atoms with E-state index in [9.17, 15) is 4.79 Å². The molecule has 0 aliphatic carbocycles. The number of benzene rings is 2. The molecule has 0 fully saturated rings. The minimum Gasteiger partial charge on any atom is -0.497 e. The fourth-order valence-electron chi connectivity index (χ4n) is 2.00. The van der Waals surface area contributed by atoms with Gasteiger partial charge in [0.2, 0.25) is 5.91 Å². The Balaban J connectivity index is 1.74.